The molecule has 2 rings (SSSR count). The lowest BCUT2D eigenvalue weighted by molar-refractivity contribution is 0.0179. The quantitative estimate of drug-likeness (QED) is 0.426. The highest BCUT2D eigenvalue weighted by Gasteiger charge is 2.39. The normalized spacial score (nSPS) is 20.0. The lowest BCUT2D eigenvalue weighted by Gasteiger charge is -2.29. The van der Waals surface area contributed by atoms with Crippen LogP contribution in [0.25, 0.3) is 10.4 Å². The van der Waals surface area contributed by atoms with Crippen LogP contribution < -0.4 is 4.74 Å². The second-order valence-electron chi connectivity index (χ2n) is 7.84. The lowest BCUT2D eigenvalue weighted by Crippen LogP contribution is -2.45. The Kier molecular flexibility index (Phi) is 6.37. The Bertz CT molecular complexity index is 660. The van der Waals surface area contributed by atoms with Crippen molar-refractivity contribution in [1.29, 1.82) is 0 Å². The number of carbonyl (C=O) groups is 1. The summed E-state index contributed by atoms with van der Waals surface area (Å²) in [4.78, 5) is 17.0. The van der Waals surface area contributed by atoms with E-state index in [-0.39, 0.29) is 18.7 Å². The average molecular weight is 360 g/mol. The molecule has 1 aromatic rings. The van der Waals surface area contributed by atoms with E-state index in [1.807, 2.05) is 45.0 Å². The fraction of sp³-hybridized carbons (Fsp3) is 0.632. The van der Waals surface area contributed by atoms with E-state index in [1.54, 1.807) is 4.90 Å². The summed E-state index contributed by atoms with van der Waals surface area (Å²) in [7, 11) is 0. The van der Waals surface area contributed by atoms with Gasteiger partial charge in [-0.05, 0) is 56.3 Å². The molecule has 1 aromatic carbocycles. The molecule has 7 heteroatoms. The minimum absolute atomic E-state index is 0.254. The molecule has 2 atom stereocenters. The van der Waals surface area contributed by atoms with E-state index in [2.05, 4.69) is 23.9 Å². The van der Waals surface area contributed by atoms with E-state index in [0.717, 1.165) is 5.75 Å². The van der Waals surface area contributed by atoms with Crippen molar-refractivity contribution >= 4 is 6.09 Å². The molecule has 1 aliphatic rings. The summed E-state index contributed by atoms with van der Waals surface area (Å²) >= 11 is 0. The fourth-order valence-corrected chi connectivity index (χ4v) is 2.92. The van der Waals surface area contributed by atoms with Crippen molar-refractivity contribution in [3.8, 4) is 5.75 Å². The zero-order valence-corrected chi connectivity index (χ0v) is 16.2. The average Bonchev–Trinajstić information content (AvgIpc) is 2.95. The van der Waals surface area contributed by atoms with Gasteiger partial charge in [-0.3, -0.25) is 0 Å². The molecular weight excluding hydrogens is 332 g/mol. The molecule has 142 valence electrons. The van der Waals surface area contributed by atoms with Crippen LogP contribution in [0.3, 0.4) is 0 Å². The zero-order chi connectivity index (χ0) is 19.3. The smallest absolute Gasteiger partial charge is 0.410 e. The number of nitrogens with zero attached hydrogens (tertiary/aromatic N) is 4. The van der Waals surface area contributed by atoms with Crippen LogP contribution in [0.2, 0.25) is 0 Å². The van der Waals surface area contributed by atoms with Crippen LogP contribution >= 0.6 is 0 Å². The van der Waals surface area contributed by atoms with Gasteiger partial charge in [0.25, 0.3) is 0 Å². The Balaban J connectivity index is 2.07. The van der Waals surface area contributed by atoms with Crippen LogP contribution in [-0.2, 0) is 4.74 Å². The highest BCUT2D eigenvalue weighted by molar-refractivity contribution is 5.69. The molecule has 0 aliphatic carbocycles. The monoisotopic (exact) mass is 360 g/mol. The molecule has 26 heavy (non-hydrogen) atoms. The van der Waals surface area contributed by atoms with E-state index in [9.17, 15) is 4.79 Å². The molecule has 0 spiro atoms. The molecule has 0 unspecified atom stereocenters. The van der Waals surface area contributed by atoms with Gasteiger partial charge in [-0.25, -0.2) is 4.79 Å². The van der Waals surface area contributed by atoms with E-state index in [1.165, 1.54) is 5.56 Å². The summed E-state index contributed by atoms with van der Waals surface area (Å²) in [5, 5.41) is 3.83. The third kappa shape index (κ3) is 5.30. The molecule has 7 nitrogen and oxygen atoms in total. The molecule has 0 saturated carbocycles. The first-order valence-electron chi connectivity index (χ1n) is 8.98. The van der Waals surface area contributed by atoms with Crippen molar-refractivity contribution in [3.05, 3.63) is 40.3 Å². The van der Waals surface area contributed by atoms with Crippen LogP contribution in [0.4, 0.5) is 4.79 Å². The largest absolute Gasteiger partial charge is 0.491 e. The first kappa shape index (κ1) is 19.9. The van der Waals surface area contributed by atoms with Crippen LogP contribution in [0.15, 0.2) is 29.4 Å². The maximum absolute atomic E-state index is 12.5. The van der Waals surface area contributed by atoms with Crippen molar-refractivity contribution in [2.24, 2.45) is 5.11 Å². The SMILES string of the molecule is CC(C)c1ccc(OC[C@@H]2[C@@H](N=[N+]=[N-])CCN2C(=O)OC(C)(C)C)cc1. The minimum Gasteiger partial charge on any atom is -0.491 e. The van der Waals surface area contributed by atoms with Crippen molar-refractivity contribution in [1.82, 2.24) is 4.90 Å². The van der Waals surface area contributed by atoms with Crippen molar-refractivity contribution < 1.29 is 14.3 Å². The zero-order valence-electron chi connectivity index (χ0n) is 16.2. The number of hydrogen-bond donors (Lipinski definition) is 0. The molecular formula is C19H28N4O3. The second kappa shape index (κ2) is 8.32. The number of carbonyl (C=O) groups excluding carboxylic acids is 1. The number of rotatable bonds is 5. The Hall–Kier alpha value is -2.40. The highest BCUT2D eigenvalue weighted by Crippen LogP contribution is 2.25. The predicted octanol–water partition coefficient (Wildman–Crippen LogP) is 4.88. The van der Waals surface area contributed by atoms with Gasteiger partial charge < -0.3 is 14.4 Å². The van der Waals surface area contributed by atoms with Crippen LogP contribution in [-0.4, -0.2) is 41.8 Å². The molecule has 0 radical (unpaired) electrons. The lowest BCUT2D eigenvalue weighted by atomic mass is 10.0. The third-order valence-electron chi connectivity index (χ3n) is 4.31. The number of likely N-dealkylation sites (tertiary alicyclic amines) is 1. The van der Waals surface area contributed by atoms with Crippen molar-refractivity contribution in [3.63, 3.8) is 0 Å². The molecule has 1 saturated heterocycles. The highest BCUT2D eigenvalue weighted by atomic mass is 16.6. The molecule has 0 N–H and O–H groups in total. The molecule has 0 aromatic heterocycles. The van der Waals surface area contributed by atoms with Gasteiger partial charge in [0.05, 0.1) is 12.1 Å². The maximum atomic E-state index is 12.5. The van der Waals surface area contributed by atoms with Gasteiger partial charge in [0, 0.05) is 11.5 Å². The van der Waals surface area contributed by atoms with Gasteiger partial charge in [0.15, 0.2) is 0 Å². The molecule has 1 fully saturated rings. The second-order valence-corrected chi connectivity index (χ2v) is 7.84. The molecule has 1 heterocycles. The summed E-state index contributed by atoms with van der Waals surface area (Å²) in [5.74, 6) is 1.18. The van der Waals surface area contributed by atoms with E-state index in [0.29, 0.717) is 18.9 Å². The molecule has 1 amide bonds. The minimum atomic E-state index is -0.578. The summed E-state index contributed by atoms with van der Waals surface area (Å²) in [6.45, 7) is 10.5. The molecule has 0 bridgehead atoms. The Morgan fingerprint density at radius 3 is 2.54 bits per heavy atom. The topological polar surface area (TPSA) is 87.5 Å². The predicted molar refractivity (Wildman–Crippen MR) is 100 cm³/mol. The summed E-state index contributed by atoms with van der Waals surface area (Å²) < 4.78 is 11.3. The van der Waals surface area contributed by atoms with Gasteiger partial charge >= 0.3 is 6.09 Å². The van der Waals surface area contributed by atoms with E-state index in [4.69, 9.17) is 15.0 Å². The summed E-state index contributed by atoms with van der Waals surface area (Å²) in [6, 6.07) is 7.25. The van der Waals surface area contributed by atoms with Crippen molar-refractivity contribution in [2.75, 3.05) is 13.2 Å². The number of hydrogen-bond acceptors (Lipinski definition) is 4. The Morgan fingerprint density at radius 2 is 2.00 bits per heavy atom. The van der Waals surface area contributed by atoms with Gasteiger partial charge in [-0.1, -0.05) is 31.1 Å². The Labute approximate surface area is 154 Å². The van der Waals surface area contributed by atoms with Crippen LogP contribution in [0.5, 0.6) is 5.75 Å². The van der Waals surface area contributed by atoms with E-state index >= 15 is 0 Å². The van der Waals surface area contributed by atoms with E-state index < -0.39 is 11.7 Å². The number of amides is 1. The number of azide groups is 1. The standard InChI is InChI=1S/C19H28N4O3/c1-13(2)14-6-8-15(9-7-14)25-12-17-16(21-22-20)10-11-23(17)18(24)26-19(3,4)5/h6-9,13,16-17H,10-12H2,1-5H3/t16-,17+/m0/s1. The van der Waals surface area contributed by atoms with Gasteiger partial charge in [0.1, 0.15) is 18.0 Å². The van der Waals surface area contributed by atoms with Crippen LogP contribution in [0.1, 0.15) is 52.5 Å². The number of ether oxygens (including phenoxy) is 2. The summed E-state index contributed by atoms with van der Waals surface area (Å²) in [5.41, 5.74) is 9.47. The first-order chi connectivity index (χ1) is 12.2. The maximum Gasteiger partial charge on any atom is 0.410 e. The first-order valence-corrected chi connectivity index (χ1v) is 8.98. The van der Waals surface area contributed by atoms with Gasteiger partial charge in [-0.15, -0.1) is 0 Å². The molecule has 1 aliphatic heterocycles. The third-order valence-corrected chi connectivity index (χ3v) is 4.31. The number of benzene rings is 1. The van der Waals surface area contributed by atoms with Gasteiger partial charge in [0.2, 0.25) is 0 Å². The van der Waals surface area contributed by atoms with Crippen molar-refractivity contribution in [2.45, 2.75) is 64.6 Å². The Morgan fingerprint density at radius 1 is 1.35 bits per heavy atom. The van der Waals surface area contributed by atoms with Crippen LogP contribution in [0, 0.1) is 0 Å². The summed E-state index contributed by atoms with van der Waals surface area (Å²) in [6.07, 6.45) is 0.195. The fourth-order valence-electron chi connectivity index (χ4n) is 2.92. The van der Waals surface area contributed by atoms with Gasteiger partial charge in [-0.2, -0.15) is 0 Å².